The molecule has 2 amide bonds. The number of hydrogen-bond acceptors (Lipinski definition) is 5. The van der Waals surface area contributed by atoms with Gasteiger partial charge in [0.1, 0.15) is 17.2 Å². The number of benzene rings is 3. The molecular weight excluding hydrogens is 380 g/mol. The molecule has 0 radical (unpaired) electrons. The Hall–Kier alpha value is -4.06. The average Bonchev–Trinajstić information content (AvgIpc) is 3.04. The van der Waals surface area contributed by atoms with Gasteiger partial charge in [0.15, 0.2) is 0 Å². The van der Waals surface area contributed by atoms with Crippen molar-refractivity contribution in [3.63, 3.8) is 0 Å². The molecule has 0 unspecified atom stereocenters. The first-order valence-corrected chi connectivity index (χ1v) is 9.36. The lowest BCUT2D eigenvalue weighted by Gasteiger charge is -2.16. The third kappa shape index (κ3) is 3.51. The van der Waals surface area contributed by atoms with Crippen molar-refractivity contribution in [2.75, 3.05) is 24.4 Å². The minimum atomic E-state index is -0.428. The van der Waals surface area contributed by atoms with E-state index >= 15 is 0 Å². The maximum absolute atomic E-state index is 13.4. The van der Waals surface area contributed by atoms with Gasteiger partial charge >= 0.3 is 0 Å². The maximum atomic E-state index is 13.4. The highest BCUT2D eigenvalue weighted by Crippen LogP contribution is 2.35. The number of amides is 2. The molecule has 150 valence electrons. The summed E-state index contributed by atoms with van der Waals surface area (Å²) in [7, 11) is 3.13. The zero-order valence-corrected chi connectivity index (χ0v) is 16.6. The molecule has 6 nitrogen and oxygen atoms in total. The van der Waals surface area contributed by atoms with E-state index in [0.29, 0.717) is 34.0 Å². The number of nitrogens with zero attached hydrogens (tertiary/aromatic N) is 1. The van der Waals surface area contributed by atoms with Crippen LogP contribution in [0.5, 0.6) is 11.5 Å². The van der Waals surface area contributed by atoms with Crippen LogP contribution in [-0.2, 0) is 9.59 Å². The number of anilines is 2. The van der Waals surface area contributed by atoms with E-state index in [1.165, 1.54) is 7.11 Å². The molecule has 0 fully saturated rings. The predicted octanol–water partition coefficient (Wildman–Crippen LogP) is 4.10. The third-order valence-corrected chi connectivity index (χ3v) is 4.82. The first kappa shape index (κ1) is 19.3. The van der Waals surface area contributed by atoms with Gasteiger partial charge in [-0.3, -0.25) is 9.59 Å². The molecule has 0 spiro atoms. The summed E-state index contributed by atoms with van der Waals surface area (Å²) < 4.78 is 10.4. The molecule has 1 heterocycles. The lowest BCUT2D eigenvalue weighted by atomic mass is 10.0. The van der Waals surface area contributed by atoms with Crippen molar-refractivity contribution in [3.05, 3.63) is 90.1 Å². The number of carbonyl (C=O) groups excluding carboxylic acids is 2. The Morgan fingerprint density at radius 2 is 1.43 bits per heavy atom. The smallest absolute Gasteiger partial charge is 0.282 e. The fraction of sp³-hybridized carbons (Fsp3) is 0.0833. The first-order chi connectivity index (χ1) is 14.6. The second kappa shape index (κ2) is 8.13. The minimum Gasteiger partial charge on any atom is -0.497 e. The van der Waals surface area contributed by atoms with Crippen LogP contribution < -0.4 is 19.7 Å². The molecule has 1 aliphatic heterocycles. The predicted molar refractivity (Wildman–Crippen MR) is 115 cm³/mol. The Balaban J connectivity index is 1.78. The van der Waals surface area contributed by atoms with E-state index in [2.05, 4.69) is 5.32 Å². The number of hydrogen-bond donors (Lipinski definition) is 1. The molecule has 0 saturated heterocycles. The number of nitrogens with one attached hydrogen (secondary N) is 1. The Morgan fingerprint density at radius 3 is 2.10 bits per heavy atom. The highest BCUT2D eigenvalue weighted by molar-refractivity contribution is 6.46. The van der Waals surface area contributed by atoms with Crippen LogP contribution in [0.25, 0.3) is 5.57 Å². The molecule has 3 aromatic rings. The van der Waals surface area contributed by atoms with Crippen molar-refractivity contribution in [3.8, 4) is 11.5 Å². The molecule has 6 heteroatoms. The molecule has 0 bridgehead atoms. The molecule has 4 rings (SSSR count). The van der Waals surface area contributed by atoms with Gasteiger partial charge in [0.2, 0.25) is 0 Å². The highest BCUT2D eigenvalue weighted by Gasteiger charge is 2.40. The molecule has 0 atom stereocenters. The summed E-state index contributed by atoms with van der Waals surface area (Å²) in [5, 5.41) is 3.13. The second-order valence-corrected chi connectivity index (χ2v) is 6.62. The molecule has 0 aromatic heterocycles. The quantitative estimate of drug-likeness (QED) is 0.631. The van der Waals surface area contributed by atoms with Crippen LogP contribution in [-0.4, -0.2) is 26.0 Å². The number of methoxy groups -OCH3 is 2. The zero-order chi connectivity index (χ0) is 21.1. The van der Waals surface area contributed by atoms with E-state index in [1.54, 1.807) is 55.6 Å². The van der Waals surface area contributed by atoms with Crippen molar-refractivity contribution in [1.29, 1.82) is 0 Å². The lowest BCUT2D eigenvalue weighted by Crippen LogP contribution is -2.32. The van der Waals surface area contributed by atoms with Crippen LogP contribution in [0.2, 0.25) is 0 Å². The van der Waals surface area contributed by atoms with Crippen molar-refractivity contribution in [1.82, 2.24) is 0 Å². The SMILES string of the molecule is COc1ccc(NC2=C(c3ccccc3)C(=O)N(c3cccc(OC)c3)C2=O)cc1. The van der Waals surface area contributed by atoms with Gasteiger partial charge in [0.05, 0.1) is 25.5 Å². The second-order valence-electron chi connectivity index (χ2n) is 6.62. The summed E-state index contributed by atoms with van der Waals surface area (Å²) in [6, 6.07) is 23.2. The summed E-state index contributed by atoms with van der Waals surface area (Å²) >= 11 is 0. The Labute approximate surface area is 174 Å². The van der Waals surface area contributed by atoms with Crippen molar-refractivity contribution in [2.45, 2.75) is 0 Å². The maximum Gasteiger partial charge on any atom is 0.282 e. The van der Waals surface area contributed by atoms with Gasteiger partial charge in [-0.1, -0.05) is 36.4 Å². The van der Waals surface area contributed by atoms with Gasteiger partial charge in [0.25, 0.3) is 11.8 Å². The molecule has 0 saturated carbocycles. The summed E-state index contributed by atoms with van der Waals surface area (Å²) in [5.41, 5.74) is 2.33. The fourth-order valence-corrected chi connectivity index (χ4v) is 3.32. The summed E-state index contributed by atoms with van der Waals surface area (Å²) in [4.78, 5) is 27.9. The third-order valence-electron chi connectivity index (χ3n) is 4.82. The molecule has 3 aromatic carbocycles. The van der Waals surface area contributed by atoms with Crippen LogP contribution in [0.3, 0.4) is 0 Å². The zero-order valence-electron chi connectivity index (χ0n) is 16.6. The topological polar surface area (TPSA) is 67.9 Å². The van der Waals surface area contributed by atoms with E-state index in [1.807, 2.05) is 30.3 Å². The molecule has 1 aliphatic rings. The molecule has 30 heavy (non-hydrogen) atoms. The van der Waals surface area contributed by atoms with E-state index in [9.17, 15) is 9.59 Å². The monoisotopic (exact) mass is 400 g/mol. The number of imide groups is 1. The Bertz CT molecular complexity index is 1120. The van der Waals surface area contributed by atoms with Gasteiger partial charge in [-0.2, -0.15) is 0 Å². The van der Waals surface area contributed by atoms with E-state index < -0.39 is 11.8 Å². The van der Waals surface area contributed by atoms with Crippen molar-refractivity contribution >= 4 is 28.8 Å². The number of ether oxygens (including phenoxy) is 2. The van der Waals surface area contributed by atoms with Gasteiger partial charge in [0, 0.05) is 11.8 Å². The summed E-state index contributed by atoms with van der Waals surface area (Å²) in [6.45, 7) is 0. The summed E-state index contributed by atoms with van der Waals surface area (Å²) in [5.74, 6) is 0.439. The van der Waals surface area contributed by atoms with Crippen molar-refractivity contribution in [2.24, 2.45) is 0 Å². The van der Waals surface area contributed by atoms with E-state index in [0.717, 1.165) is 4.90 Å². The van der Waals surface area contributed by atoms with Crippen LogP contribution >= 0.6 is 0 Å². The van der Waals surface area contributed by atoms with Crippen LogP contribution in [0, 0.1) is 0 Å². The van der Waals surface area contributed by atoms with Crippen LogP contribution in [0.15, 0.2) is 84.6 Å². The summed E-state index contributed by atoms with van der Waals surface area (Å²) in [6.07, 6.45) is 0. The Morgan fingerprint density at radius 1 is 0.733 bits per heavy atom. The highest BCUT2D eigenvalue weighted by atomic mass is 16.5. The normalized spacial score (nSPS) is 13.6. The van der Waals surface area contributed by atoms with E-state index in [4.69, 9.17) is 9.47 Å². The van der Waals surface area contributed by atoms with Crippen LogP contribution in [0.4, 0.5) is 11.4 Å². The van der Waals surface area contributed by atoms with Crippen LogP contribution in [0.1, 0.15) is 5.56 Å². The molecular formula is C24H20N2O4. The number of rotatable bonds is 6. The lowest BCUT2D eigenvalue weighted by molar-refractivity contribution is -0.120. The average molecular weight is 400 g/mol. The fourth-order valence-electron chi connectivity index (χ4n) is 3.32. The minimum absolute atomic E-state index is 0.221. The van der Waals surface area contributed by atoms with Gasteiger partial charge < -0.3 is 14.8 Å². The number of carbonyl (C=O) groups is 2. The first-order valence-electron chi connectivity index (χ1n) is 9.36. The standard InChI is InChI=1S/C24H20N2O4/c1-29-19-13-11-17(12-14-19)25-22-21(16-7-4-3-5-8-16)23(27)26(24(22)28)18-9-6-10-20(15-18)30-2/h3-15,25H,1-2H3. The van der Waals surface area contributed by atoms with Gasteiger partial charge in [-0.05, 0) is 42.0 Å². The van der Waals surface area contributed by atoms with E-state index in [-0.39, 0.29) is 5.70 Å². The van der Waals surface area contributed by atoms with Gasteiger partial charge in [-0.25, -0.2) is 4.90 Å². The largest absolute Gasteiger partial charge is 0.497 e. The Kier molecular flexibility index (Phi) is 5.22. The molecule has 1 N–H and O–H groups in total. The van der Waals surface area contributed by atoms with Gasteiger partial charge in [-0.15, -0.1) is 0 Å². The molecule has 0 aliphatic carbocycles. The van der Waals surface area contributed by atoms with Crippen molar-refractivity contribution < 1.29 is 19.1 Å².